The molecule has 1 aliphatic carbocycles. The van der Waals surface area contributed by atoms with Gasteiger partial charge in [0.15, 0.2) is 5.76 Å². The van der Waals surface area contributed by atoms with Crippen LogP contribution in [0.2, 0.25) is 0 Å². The van der Waals surface area contributed by atoms with Crippen molar-refractivity contribution < 1.29 is 14.4 Å². The van der Waals surface area contributed by atoms with Crippen LogP contribution < -0.4 is 5.32 Å². The van der Waals surface area contributed by atoms with Crippen molar-refractivity contribution in [1.82, 2.24) is 10.5 Å². The topological polar surface area (TPSA) is 75.4 Å². The van der Waals surface area contributed by atoms with Gasteiger partial charge in [0.25, 0.3) is 0 Å². The molecule has 0 radical (unpaired) electrons. The Kier molecular flexibility index (Phi) is 3.12. The highest BCUT2D eigenvalue weighted by Crippen LogP contribution is 2.32. The molecule has 0 bridgehead atoms. The minimum Gasteiger partial charge on any atom is -0.480 e. The van der Waals surface area contributed by atoms with Gasteiger partial charge in [-0.1, -0.05) is 11.2 Å². The zero-order valence-electron chi connectivity index (χ0n) is 10.3. The molecule has 2 aromatic rings. The third kappa shape index (κ3) is 2.29. The minimum absolute atomic E-state index is 0.418. The highest BCUT2D eigenvalue weighted by atomic mass is 32.1. The number of rotatable bonds is 5. The largest absolute Gasteiger partial charge is 0.480 e. The van der Waals surface area contributed by atoms with Crippen LogP contribution in [0.25, 0.3) is 10.6 Å². The van der Waals surface area contributed by atoms with Gasteiger partial charge in [0.1, 0.15) is 5.54 Å². The molecule has 5 nitrogen and oxygen atoms in total. The molecule has 0 amide bonds. The van der Waals surface area contributed by atoms with Crippen LogP contribution in [-0.4, -0.2) is 21.8 Å². The Labute approximate surface area is 114 Å². The van der Waals surface area contributed by atoms with Crippen molar-refractivity contribution in [3.8, 4) is 10.6 Å². The SMILES string of the molecule is O=C(O)C1(NCc2cc(-c3cccs3)on2)CCC1. The van der Waals surface area contributed by atoms with Gasteiger partial charge >= 0.3 is 5.97 Å². The first-order valence-electron chi connectivity index (χ1n) is 6.17. The predicted molar refractivity (Wildman–Crippen MR) is 70.9 cm³/mol. The second-order valence-electron chi connectivity index (χ2n) is 4.75. The number of carboxylic acids is 1. The zero-order chi connectivity index (χ0) is 13.3. The highest BCUT2D eigenvalue weighted by molar-refractivity contribution is 7.13. The number of nitrogens with zero attached hydrogens (tertiary/aromatic N) is 1. The maximum Gasteiger partial charge on any atom is 0.323 e. The lowest BCUT2D eigenvalue weighted by atomic mass is 9.77. The molecule has 2 aromatic heterocycles. The standard InChI is InChI=1S/C13H14N2O3S/c16-12(17)13(4-2-5-13)14-8-9-7-10(18-15-9)11-3-1-6-19-11/h1,3,6-7,14H,2,4-5,8H2,(H,16,17). The average molecular weight is 278 g/mol. The summed E-state index contributed by atoms with van der Waals surface area (Å²) in [6, 6.07) is 5.77. The molecule has 0 atom stereocenters. The van der Waals surface area contributed by atoms with Crippen molar-refractivity contribution in [3.63, 3.8) is 0 Å². The normalized spacial score (nSPS) is 17.1. The zero-order valence-corrected chi connectivity index (χ0v) is 11.1. The maximum atomic E-state index is 11.2. The van der Waals surface area contributed by atoms with Crippen molar-refractivity contribution in [2.24, 2.45) is 0 Å². The highest BCUT2D eigenvalue weighted by Gasteiger charge is 2.43. The molecule has 3 rings (SSSR count). The summed E-state index contributed by atoms with van der Waals surface area (Å²) in [6.45, 7) is 0.418. The molecule has 0 spiro atoms. The summed E-state index contributed by atoms with van der Waals surface area (Å²) in [4.78, 5) is 12.2. The fourth-order valence-corrected chi connectivity index (χ4v) is 2.86. The number of hydrogen-bond acceptors (Lipinski definition) is 5. The minimum atomic E-state index is -0.777. The molecule has 6 heteroatoms. The van der Waals surface area contributed by atoms with E-state index in [4.69, 9.17) is 4.52 Å². The van der Waals surface area contributed by atoms with Crippen LogP contribution in [0.5, 0.6) is 0 Å². The predicted octanol–water partition coefficient (Wildman–Crippen LogP) is 2.50. The number of thiophene rings is 1. The van der Waals surface area contributed by atoms with Crippen LogP contribution in [-0.2, 0) is 11.3 Å². The van der Waals surface area contributed by atoms with Gasteiger partial charge in [0.2, 0.25) is 0 Å². The van der Waals surface area contributed by atoms with Crippen molar-refractivity contribution in [2.75, 3.05) is 0 Å². The van der Waals surface area contributed by atoms with E-state index in [0.717, 1.165) is 22.8 Å². The Bertz CT molecular complexity index is 572. The van der Waals surface area contributed by atoms with Gasteiger partial charge in [-0.2, -0.15) is 0 Å². The van der Waals surface area contributed by atoms with E-state index in [-0.39, 0.29) is 0 Å². The van der Waals surface area contributed by atoms with Crippen molar-refractivity contribution in [3.05, 3.63) is 29.3 Å². The van der Waals surface area contributed by atoms with E-state index < -0.39 is 11.5 Å². The van der Waals surface area contributed by atoms with Crippen LogP contribution >= 0.6 is 11.3 Å². The molecule has 2 N–H and O–H groups in total. The van der Waals surface area contributed by atoms with Gasteiger partial charge in [-0.15, -0.1) is 11.3 Å². The molecule has 0 saturated heterocycles. The number of aliphatic carboxylic acids is 1. The van der Waals surface area contributed by atoms with E-state index in [1.807, 2.05) is 23.6 Å². The summed E-state index contributed by atoms with van der Waals surface area (Å²) in [5.74, 6) is -0.0505. The Morgan fingerprint density at radius 1 is 1.58 bits per heavy atom. The fraction of sp³-hybridized carbons (Fsp3) is 0.385. The van der Waals surface area contributed by atoms with E-state index >= 15 is 0 Å². The number of aromatic nitrogens is 1. The van der Waals surface area contributed by atoms with Crippen molar-refractivity contribution in [2.45, 2.75) is 31.3 Å². The van der Waals surface area contributed by atoms with Crippen LogP contribution in [0, 0.1) is 0 Å². The van der Waals surface area contributed by atoms with Crippen LogP contribution in [0.15, 0.2) is 28.1 Å². The first-order valence-corrected chi connectivity index (χ1v) is 7.05. The quantitative estimate of drug-likeness (QED) is 0.879. The van der Waals surface area contributed by atoms with E-state index in [9.17, 15) is 9.90 Å². The van der Waals surface area contributed by atoms with Crippen molar-refractivity contribution >= 4 is 17.3 Å². The van der Waals surface area contributed by atoms with Gasteiger partial charge in [-0.3, -0.25) is 10.1 Å². The number of carboxylic acid groups (broad SMARTS) is 1. The van der Waals surface area contributed by atoms with E-state index in [1.165, 1.54) is 0 Å². The van der Waals surface area contributed by atoms with Crippen LogP contribution in [0.3, 0.4) is 0 Å². The number of hydrogen-bond donors (Lipinski definition) is 2. The lowest BCUT2D eigenvalue weighted by Crippen LogP contribution is -2.56. The second-order valence-corrected chi connectivity index (χ2v) is 5.70. The lowest BCUT2D eigenvalue weighted by molar-refractivity contribution is -0.148. The summed E-state index contributed by atoms with van der Waals surface area (Å²) in [7, 11) is 0. The molecule has 1 saturated carbocycles. The number of nitrogens with one attached hydrogen (secondary N) is 1. The van der Waals surface area contributed by atoms with Crippen LogP contribution in [0.4, 0.5) is 0 Å². The number of carbonyl (C=O) groups is 1. The fourth-order valence-electron chi connectivity index (χ4n) is 2.19. The van der Waals surface area contributed by atoms with Gasteiger partial charge in [0, 0.05) is 12.6 Å². The molecule has 0 aliphatic heterocycles. The molecule has 1 fully saturated rings. The summed E-state index contributed by atoms with van der Waals surface area (Å²) in [5, 5.41) is 18.2. The first-order chi connectivity index (χ1) is 9.20. The lowest BCUT2D eigenvalue weighted by Gasteiger charge is -2.38. The van der Waals surface area contributed by atoms with Gasteiger partial charge in [0.05, 0.1) is 10.6 Å². The van der Waals surface area contributed by atoms with E-state index in [1.54, 1.807) is 11.3 Å². The molecular formula is C13H14N2O3S. The molecule has 0 aromatic carbocycles. The Morgan fingerprint density at radius 3 is 3.00 bits per heavy atom. The Morgan fingerprint density at radius 2 is 2.42 bits per heavy atom. The molecule has 2 heterocycles. The summed E-state index contributed by atoms with van der Waals surface area (Å²) in [6.07, 6.45) is 2.31. The van der Waals surface area contributed by atoms with Crippen LogP contribution in [0.1, 0.15) is 25.0 Å². The summed E-state index contributed by atoms with van der Waals surface area (Å²) >= 11 is 1.59. The Balaban J connectivity index is 1.66. The smallest absolute Gasteiger partial charge is 0.323 e. The van der Waals surface area contributed by atoms with Gasteiger partial charge < -0.3 is 9.63 Å². The van der Waals surface area contributed by atoms with Gasteiger partial charge in [-0.05, 0) is 30.7 Å². The monoisotopic (exact) mass is 278 g/mol. The van der Waals surface area contributed by atoms with Crippen molar-refractivity contribution in [1.29, 1.82) is 0 Å². The van der Waals surface area contributed by atoms with E-state index in [2.05, 4.69) is 10.5 Å². The third-order valence-electron chi connectivity index (χ3n) is 3.55. The first kappa shape index (κ1) is 12.4. The molecular weight excluding hydrogens is 264 g/mol. The Hall–Kier alpha value is -1.66. The van der Waals surface area contributed by atoms with E-state index in [0.29, 0.717) is 19.4 Å². The molecule has 100 valence electrons. The second kappa shape index (κ2) is 4.79. The third-order valence-corrected chi connectivity index (χ3v) is 4.43. The summed E-state index contributed by atoms with van der Waals surface area (Å²) < 4.78 is 5.26. The molecule has 19 heavy (non-hydrogen) atoms. The average Bonchev–Trinajstić information content (AvgIpc) is 2.97. The summed E-state index contributed by atoms with van der Waals surface area (Å²) in [5.41, 5.74) is -0.0295. The maximum absolute atomic E-state index is 11.2. The van der Waals surface area contributed by atoms with Gasteiger partial charge in [-0.25, -0.2) is 0 Å². The molecule has 1 aliphatic rings. The molecule has 0 unspecified atom stereocenters.